The van der Waals surface area contributed by atoms with Gasteiger partial charge < -0.3 is 10.2 Å². The summed E-state index contributed by atoms with van der Waals surface area (Å²) in [4.78, 5) is 40.0. The lowest BCUT2D eigenvalue weighted by molar-refractivity contribution is -0.126. The van der Waals surface area contributed by atoms with E-state index in [-0.39, 0.29) is 17.7 Å². The minimum absolute atomic E-state index is 0.0702. The van der Waals surface area contributed by atoms with E-state index < -0.39 is 6.04 Å². The van der Waals surface area contributed by atoms with E-state index in [0.29, 0.717) is 43.6 Å². The molecule has 0 bridgehead atoms. The van der Waals surface area contributed by atoms with E-state index in [4.69, 9.17) is 0 Å². The van der Waals surface area contributed by atoms with Gasteiger partial charge in [-0.15, -0.1) is 0 Å². The first kappa shape index (κ1) is 21.8. The molecule has 5 heteroatoms. The van der Waals surface area contributed by atoms with Crippen molar-refractivity contribution in [1.29, 1.82) is 0 Å². The van der Waals surface area contributed by atoms with Gasteiger partial charge in [0.15, 0.2) is 0 Å². The molecule has 1 saturated heterocycles. The first-order chi connectivity index (χ1) is 14.9. The minimum atomic E-state index is -0.436. The lowest BCUT2D eigenvalue weighted by Crippen LogP contribution is -2.49. The number of Topliss-reactive ketones (excluding diaryl/α,β-unsaturated/α-hetero) is 1. The van der Waals surface area contributed by atoms with Crippen LogP contribution < -0.4 is 5.32 Å². The fourth-order valence-corrected chi connectivity index (χ4v) is 5.40. The van der Waals surface area contributed by atoms with Gasteiger partial charge in [-0.3, -0.25) is 14.4 Å². The lowest BCUT2D eigenvalue weighted by Gasteiger charge is -2.30. The zero-order valence-corrected chi connectivity index (χ0v) is 18.8. The van der Waals surface area contributed by atoms with Crippen molar-refractivity contribution >= 4 is 17.6 Å². The van der Waals surface area contributed by atoms with Crippen molar-refractivity contribution in [3.8, 4) is 0 Å². The van der Waals surface area contributed by atoms with Crippen LogP contribution in [-0.2, 0) is 29.0 Å². The van der Waals surface area contributed by atoms with Gasteiger partial charge >= 0.3 is 0 Å². The van der Waals surface area contributed by atoms with Gasteiger partial charge in [-0.05, 0) is 67.2 Å². The summed E-state index contributed by atoms with van der Waals surface area (Å²) in [6, 6.07) is 3.68. The molecule has 1 unspecified atom stereocenters. The molecule has 166 valence electrons. The van der Waals surface area contributed by atoms with Gasteiger partial charge in [-0.2, -0.15) is 0 Å². The lowest BCUT2D eigenvalue weighted by atomic mass is 9.79. The number of nitrogens with one attached hydrogen (secondary N) is 1. The molecule has 5 nitrogen and oxygen atoms in total. The number of ketones is 1. The van der Waals surface area contributed by atoms with E-state index in [9.17, 15) is 14.4 Å². The van der Waals surface area contributed by atoms with Crippen molar-refractivity contribution in [2.75, 3.05) is 0 Å². The monoisotopic (exact) mass is 422 g/mol. The highest BCUT2D eigenvalue weighted by Crippen LogP contribution is 2.33. The van der Waals surface area contributed by atoms with Gasteiger partial charge in [0.1, 0.15) is 11.8 Å². The average Bonchev–Trinajstić information content (AvgIpc) is 3.07. The summed E-state index contributed by atoms with van der Waals surface area (Å²) in [6.07, 6.45) is 7.78. The van der Waals surface area contributed by atoms with Crippen LogP contribution in [0.25, 0.3) is 0 Å². The number of hydrogen-bond acceptors (Lipinski definition) is 3. The Morgan fingerprint density at radius 2 is 1.87 bits per heavy atom. The van der Waals surface area contributed by atoms with Crippen molar-refractivity contribution in [3.63, 3.8) is 0 Å². The molecule has 4 rings (SSSR count). The summed E-state index contributed by atoms with van der Waals surface area (Å²) in [5.41, 5.74) is 4.73. The standard InChI is InChI=1S/C26H34N2O3/c1-4-18-13-21-15-28(23-11-7-17(3)27-25(23)30)26(31)22(21)14-20(18)10-12-24(29)19-8-5-16(2)6-9-19/h13-14,16,19,23H,3-12,15H2,1-2H3,(H,27,30). The van der Waals surface area contributed by atoms with Crippen LogP contribution in [0.2, 0.25) is 0 Å². The van der Waals surface area contributed by atoms with Crippen LogP contribution in [-0.4, -0.2) is 28.5 Å². The number of piperidine rings is 1. The SMILES string of the molecule is C=C1CCC(N2Cc3cc(CC)c(CCC(=O)C4CCC(C)CC4)cc3C2=O)C(=O)N1. The average molecular weight is 423 g/mol. The molecule has 1 aromatic rings. The number of hydrogen-bond donors (Lipinski definition) is 1. The second-order valence-electron chi connectivity index (χ2n) is 9.64. The largest absolute Gasteiger partial charge is 0.329 e. The number of allylic oxidation sites excluding steroid dienone is 1. The molecule has 1 atom stereocenters. The molecule has 0 aromatic heterocycles. The second kappa shape index (κ2) is 8.97. The Morgan fingerprint density at radius 3 is 2.55 bits per heavy atom. The van der Waals surface area contributed by atoms with E-state index in [1.54, 1.807) is 4.90 Å². The molecule has 2 amide bonds. The quantitative estimate of drug-likeness (QED) is 0.742. The molecule has 2 heterocycles. The minimum Gasteiger partial charge on any atom is -0.329 e. The van der Waals surface area contributed by atoms with Crippen LogP contribution in [0.15, 0.2) is 24.4 Å². The highest BCUT2D eigenvalue weighted by atomic mass is 16.2. The Kier molecular flexibility index (Phi) is 6.31. The molecule has 1 aromatic carbocycles. The number of amides is 2. The van der Waals surface area contributed by atoms with Crippen molar-refractivity contribution in [3.05, 3.63) is 46.7 Å². The Balaban J connectivity index is 1.47. The van der Waals surface area contributed by atoms with Gasteiger partial charge in [0.25, 0.3) is 5.91 Å². The molecular weight excluding hydrogens is 388 g/mol. The Labute approximate surface area is 185 Å². The van der Waals surface area contributed by atoms with Crippen LogP contribution in [0, 0.1) is 11.8 Å². The van der Waals surface area contributed by atoms with Crippen molar-refractivity contribution in [2.45, 2.75) is 84.2 Å². The van der Waals surface area contributed by atoms with E-state index in [2.05, 4.69) is 31.8 Å². The molecule has 3 aliphatic rings. The zero-order chi connectivity index (χ0) is 22.1. The topological polar surface area (TPSA) is 66.5 Å². The third-order valence-electron chi connectivity index (χ3n) is 7.45. The highest BCUT2D eigenvalue weighted by molar-refractivity contribution is 6.01. The van der Waals surface area contributed by atoms with Gasteiger partial charge in [0, 0.05) is 30.1 Å². The predicted molar refractivity (Wildman–Crippen MR) is 120 cm³/mol. The van der Waals surface area contributed by atoms with Gasteiger partial charge in [-0.25, -0.2) is 0 Å². The third-order valence-corrected chi connectivity index (χ3v) is 7.45. The zero-order valence-electron chi connectivity index (χ0n) is 18.8. The fourth-order valence-electron chi connectivity index (χ4n) is 5.40. The number of benzene rings is 1. The molecule has 0 spiro atoms. The third kappa shape index (κ3) is 4.46. The molecular formula is C26H34N2O3. The van der Waals surface area contributed by atoms with Gasteiger partial charge in [0.2, 0.25) is 5.91 Å². The number of carbonyl (C=O) groups is 3. The summed E-state index contributed by atoms with van der Waals surface area (Å²) in [7, 11) is 0. The summed E-state index contributed by atoms with van der Waals surface area (Å²) in [6.45, 7) is 8.69. The van der Waals surface area contributed by atoms with E-state index in [1.165, 1.54) is 5.56 Å². The number of aryl methyl sites for hydroxylation is 2. The number of rotatable bonds is 6. The van der Waals surface area contributed by atoms with Crippen molar-refractivity contribution in [2.24, 2.45) is 11.8 Å². The van der Waals surface area contributed by atoms with Crippen LogP contribution in [0.5, 0.6) is 0 Å². The Hall–Kier alpha value is -2.43. The van der Waals surface area contributed by atoms with Crippen LogP contribution in [0.4, 0.5) is 0 Å². The first-order valence-electron chi connectivity index (χ1n) is 11.8. The predicted octanol–water partition coefficient (Wildman–Crippen LogP) is 4.33. The molecule has 1 aliphatic carbocycles. The maximum atomic E-state index is 13.1. The van der Waals surface area contributed by atoms with Gasteiger partial charge in [0.05, 0.1) is 0 Å². The van der Waals surface area contributed by atoms with Crippen LogP contribution in [0.3, 0.4) is 0 Å². The van der Waals surface area contributed by atoms with Crippen molar-refractivity contribution < 1.29 is 14.4 Å². The fraction of sp³-hybridized carbons (Fsp3) is 0.577. The summed E-state index contributed by atoms with van der Waals surface area (Å²) in [5.74, 6) is 1.12. The molecule has 31 heavy (non-hydrogen) atoms. The highest BCUT2D eigenvalue weighted by Gasteiger charge is 2.38. The van der Waals surface area contributed by atoms with Crippen LogP contribution in [0.1, 0.15) is 85.8 Å². The number of carbonyl (C=O) groups excluding carboxylic acids is 3. The maximum absolute atomic E-state index is 13.1. The van der Waals surface area contributed by atoms with E-state index in [1.807, 2.05) is 6.07 Å². The summed E-state index contributed by atoms with van der Waals surface area (Å²) < 4.78 is 0. The number of fused-ring (bicyclic) bond motifs is 1. The smallest absolute Gasteiger partial charge is 0.255 e. The van der Waals surface area contributed by atoms with Crippen LogP contribution >= 0.6 is 0 Å². The summed E-state index contributed by atoms with van der Waals surface area (Å²) in [5, 5.41) is 2.79. The van der Waals surface area contributed by atoms with E-state index in [0.717, 1.165) is 54.8 Å². The molecule has 2 fully saturated rings. The molecule has 1 saturated carbocycles. The normalized spacial score (nSPS) is 26.1. The number of nitrogens with zero attached hydrogens (tertiary/aromatic N) is 1. The molecule has 1 N–H and O–H groups in total. The summed E-state index contributed by atoms with van der Waals surface area (Å²) >= 11 is 0. The van der Waals surface area contributed by atoms with E-state index >= 15 is 0 Å². The van der Waals surface area contributed by atoms with Crippen molar-refractivity contribution in [1.82, 2.24) is 10.2 Å². The molecule has 2 aliphatic heterocycles. The Bertz CT molecular complexity index is 911. The first-order valence-corrected chi connectivity index (χ1v) is 11.8. The Morgan fingerprint density at radius 1 is 1.13 bits per heavy atom. The van der Waals surface area contributed by atoms with Gasteiger partial charge in [-0.1, -0.05) is 39.3 Å². The maximum Gasteiger partial charge on any atom is 0.255 e. The second-order valence-corrected chi connectivity index (χ2v) is 9.64. The molecule has 0 radical (unpaired) electrons.